The molecular formula is C13H24O3. The van der Waals surface area contributed by atoms with E-state index in [-0.39, 0.29) is 11.9 Å². The minimum absolute atomic E-state index is 0.359. The summed E-state index contributed by atoms with van der Waals surface area (Å²) in [6, 6.07) is 0. The molecule has 0 rings (SSSR count). The van der Waals surface area contributed by atoms with Crippen LogP contribution in [0.5, 0.6) is 0 Å². The Morgan fingerprint density at radius 1 is 1.00 bits per heavy atom. The quantitative estimate of drug-likeness (QED) is 0.363. The molecule has 0 radical (unpaired) electrons. The van der Waals surface area contributed by atoms with Crippen molar-refractivity contribution in [1.82, 2.24) is 0 Å². The number of hydrogen-bond acceptors (Lipinski definition) is 3. The molecule has 0 saturated heterocycles. The smallest absolute Gasteiger partial charge is 0.313 e. The fourth-order valence-corrected chi connectivity index (χ4v) is 1.40. The van der Waals surface area contributed by atoms with Gasteiger partial charge in [0, 0.05) is 12.8 Å². The first-order valence-corrected chi connectivity index (χ1v) is 6.29. The third kappa shape index (κ3) is 9.69. The summed E-state index contributed by atoms with van der Waals surface area (Å²) < 4.78 is 4.70. The molecule has 0 fully saturated rings. The SMILES string of the molecule is CCCCCC(=O)OC(=O)CCCC(C)C. The third-order valence-electron chi connectivity index (χ3n) is 2.37. The molecule has 0 N–H and O–H groups in total. The van der Waals surface area contributed by atoms with E-state index in [1.807, 2.05) is 0 Å². The molecule has 0 spiro atoms. The van der Waals surface area contributed by atoms with E-state index in [9.17, 15) is 9.59 Å². The van der Waals surface area contributed by atoms with E-state index in [4.69, 9.17) is 4.74 Å². The monoisotopic (exact) mass is 228 g/mol. The van der Waals surface area contributed by atoms with Gasteiger partial charge in [0.1, 0.15) is 0 Å². The largest absolute Gasteiger partial charge is 0.393 e. The number of carbonyl (C=O) groups is 2. The maximum Gasteiger partial charge on any atom is 0.313 e. The summed E-state index contributed by atoms with van der Waals surface area (Å²) in [4.78, 5) is 22.4. The minimum atomic E-state index is -0.373. The maximum atomic E-state index is 11.2. The molecule has 0 aromatic heterocycles. The number of hydrogen-bond donors (Lipinski definition) is 0. The van der Waals surface area contributed by atoms with Crippen LogP contribution < -0.4 is 0 Å². The summed E-state index contributed by atoms with van der Waals surface area (Å²) in [5, 5.41) is 0. The van der Waals surface area contributed by atoms with E-state index in [1.54, 1.807) is 0 Å². The molecule has 0 aliphatic carbocycles. The van der Waals surface area contributed by atoms with E-state index in [0.717, 1.165) is 32.1 Å². The highest BCUT2D eigenvalue weighted by molar-refractivity contribution is 5.85. The summed E-state index contributed by atoms with van der Waals surface area (Å²) in [6.45, 7) is 6.30. The van der Waals surface area contributed by atoms with Gasteiger partial charge in [0.25, 0.3) is 0 Å². The van der Waals surface area contributed by atoms with Crippen molar-refractivity contribution in [3.63, 3.8) is 0 Å². The number of esters is 2. The molecule has 0 aromatic carbocycles. The van der Waals surface area contributed by atoms with Gasteiger partial charge in [-0.3, -0.25) is 9.59 Å². The second-order valence-corrected chi connectivity index (χ2v) is 4.59. The molecule has 3 nitrogen and oxygen atoms in total. The fraction of sp³-hybridized carbons (Fsp3) is 0.846. The summed E-state index contributed by atoms with van der Waals surface area (Å²) in [5.74, 6) is -0.154. The Bertz CT molecular complexity index is 209. The van der Waals surface area contributed by atoms with Crippen molar-refractivity contribution in [2.45, 2.75) is 65.7 Å². The number of carbonyl (C=O) groups excluding carboxylic acids is 2. The maximum absolute atomic E-state index is 11.2. The van der Waals surface area contributed by atoms with Gasteiger partial charge in [-0.1, -0.05) is 40.0 Å². The molecule has 3 heteroatoms. The summed E-state index contributed by atoms with van der Waals surface area (Å²) in [6.07, 6.45) is 5.42. The second kappa shape index (κ2) is 9.37. The topological polar surface area (TPSA) is 43.4 Å². The van der Waals surface area contributed by atoms with Crippen LogP contribution in [0.1, 0.15) is 65.7 Å². The van der Waals surface area contributed by atoms with Crippen LogP contribution in [0.25, 0.3) is 0 Å². The lowest BCUT2D eigenvalue weighted by atomic mass is 10.1. The van der Waals surface area contributed by atoms with E-state index in [0.29, 0.717) is 18.8 Å². The van der Waals surface area contributed by atoms with Crippen molar-refractivity contribution in [3.05, 3.63) is 0 Å². The zero-order valence-electron chi connectivity index (χ0n) is 10.8. The Morgan fingerprint density at radius 3 is 2.06 bits per heavy atom. The normalized spacial score (nSPS) is 10.5. The fourth-order valence-electron chi connectivity index (χ4n) is 1.40. The zero-order valence-corrected chi connectivity index (χ0v) is 10.8. The average Bonchev–Trinajstić information content (AvgIpc) is 2.17. The van der Waals surface area contributed by atoms with Crippen LogP contribution in [0.4, 0.5) is 0 Å². The highest BCUT2D eigenvalue weighted by Gasteiger charge is 2.09. The molecule has 0 amide bonds. The molecule has 0 aromatic rings. The van der Waals surface area contributed by atoms with Crippen molar-refractivity contribution >= 4 is 11.9 Å². The minimum Gasteiger partial charge on any atom is -0.393 e. The van der Waals surface area contributed by atoms with Crippen LogP contribution in [-0.4, -0.2) is 11.9 Å². The molecule has 0 aliphatic heterocycles. The molecule has 94 valence electrons. The van der Waals surface area contributed by atoms with Gasteiger partial charge in [-0.2, -0.15) is 0 Å². The van der Waals surface area contributed by atoms with Crippen molar-refractivity contribution in [3.8, 4) is 0 Å². The average molecular weight is 228 g/mol. The van der Waals surface area contributed by atoms with Crippen LogP contribution in [0.15, 0.2) is 0 Å². The lowest BCUT2D eigenvalue weighted by molar-refractivity contribution is -0.159. The van der Waals surface area contributed by atoms with Crippen molar-refractivity contribution in [2.75, 3.05) is 0 Å². The summed E-state index contributed by atoms with van der Waals surface area (Å²) in [5.41, 5.74) is 0. The van der Waals surface area contributed by atoms with Gasteiger partial charge in [0.2, 0.25) is 0 Å². The van der Waals surface area contributed by atoms with Crippen LogP contribution in [0.2, 0.25) is 0 Å². The molecule has 16 heavy (non-hydrogen) atoms. The summed E-state index contributed by atoms with van der Waals surface area (Å²) >= 11 is 0. The van der Waals surface area contributed by atoms with Crippen LogP contribution in [0.3, 0.4) is 0 Å². The molecule has 0 saturated carbocycles. The number of unbranched alkanes of at least 4 members (excludes halogenated alkanes) is 2. The molecular weight excluding hydrogens is 204 g/mol. The second-order valence-electron chi connectivity index (χ2n) is 4.59. The van der Waals surface area contributed by atoms with Gasteiger partial charge in [-0.15, -0.1) is 0 Å². The highest BCUT2D eigenvalue weighted by Crippen LogP contribution is 2.07. The van der Waals surface area contributed by atoms with Crippen molar-refractivity contribution in [2.24, 2.45) is 5.92 Å². The van der Waals surface area contributed by atoms with Crippen LogP contribution >= 0.6 is 0 Å². The highest BCUT2D eigenvalue weighted by atomic mass is 16.6. The van der Waals surface area contributed by atoms with E-state index in [2.05, 4.69) is 20.8 Å². The van der Waals surface area contributed by atoms with Gasteiger partial charge in [0.15, 0.2) is 0 Å². The molecule has 0 unspecified atom stereocenters. The van der Waals surface area contributed by atoms with Gasteiger partial charge in [0.05, 0.1) is 0 Å². The Morgan fingerprint density at radius 2 is 1.56 bits per heavy atom. The first-order chi connectivity index (χ1) is 7.56. The van der Waals surface area contributed by atoms with Crippen molar-refractivity contribution in [1.29, 1.82) is 0 Å². The van der Waals surface area contributed by atoms with Gasteiger partial charge >= 0.3 is 11.9 Å². The summed E-state index contributed by atoms with van der Waals surface area (Å²) in [7, 11) is 0. The molecule has 0 heterocycles. The van der Waals surface area contributed by atoms with Gasteiger partial charge < -0.3 is 4.74 Å². The Hall–Kier alpha value is -0.860. The first-order valence-electron chi connectivity index (χ1n) is 6.29. The number of rotatable bonds is 8. The first kappa shape index (κ1) is 15.1. The van der Waals surface area contributed by atoms with Crippen LogP contribution in [0, 0.1) is 5.92 Å². The van der Waals surface area contributed by atoms with E-state index < -0.39 is 0 Å². The van der Waals surface area contributed by atoms with Gasteiger partial charge in [-0.25, -0.2) is 0 Å². The standard InChI is InChI=1S/C13H24O3/c1-4-5-6-9-12(14)16-13(15)10-7-8-11(2)3/h11H,4-10H2,1-3H3. The molecule has 0 atom stereocenters. The van der Waals surface area contributed by atoms with Crippen LogP contribution in [-0.2, 0) is 14.3 Å². The number of ether oxygens (including phenoxy) is 1. The predicted molar refractivity (Wildman–Crippen MR) is 63.9 cm³/mol. The predicted octanol–water partition coefficient (Wildman–Crippen LogP) is 3.46. The lowest BCUT2D eigenvalue weighted by Crippen LogP contribution is -2.12. The lowest BCUT2D eigenvalue weighted by Gasteiger charge is -2.04. The Balaban J connectivity index is 3.50. The van der Waals surface area contributed by atoms with Crippen molar-refractivity contribution < 1.29 is 14.3 Å². The molecule has 0 aliphatic rings. The zero-order chi connectivity index (χ0) is 12.4. The molecule has 0 bridgehead atoms. The Kier molecular flexibility index (Phi) is 8.87. The van der Waals surface area contributed by atoms with E-state index >= 15 is 0 Å². The van der Waals surface area contributed by atoms with E-state index in [1.165, 1.54) is 0 Å². The Labute approximate surface area is 98.6 Å². The van der Waals surface area contributed by atoms with Gasteiger partial charge in [-0.05, 0) is 18.8 Å². The third-order valence-corrected chi connectivity index (χ3v) is 2.37.